The number of nitrogens with zero attached hydrogens (tertiary/aromatic N) is 3. The maximum Gasteiger partial charge on any atom is 0.270 e. The number of carbonyl (C=O) groups excluding carboxylic acids is 2. The number of amides is 2. The van der Waals surface area contributed by atoms with Crippen LogP contribution in [0.2, 0.25) is 0 Å². The lowest BCUT2D eigenvalue weighted by molar-refractivity contribution is -0.133. The molecule has 9 heteroatoms. The summed E-state index contributed by atoms with van der Waals surface area (Å²) in [7, 11) is 0. The molecule has 5 rings (SSSR count). The van der Waals surface area contributed by atoms with Gasteiger partial charge in [-0.3, -0.25) is 14.5 Å². The molecule has 2 saturated heterocycles. The Morgan fingerprint density at radius 3 is 2.69 bits per heavy atom. The fraction of sp³-hybridized carbons (Fsp3) is 0.500. The predicted molar refractivity (Wildman–Crippen MR) is 110 cm³/mol. The Morgan fingerprint density at radius 1 is 1.17 bits per heavy atom. The summed E-state index contributed by atoms with van der Waals surface area (Å²) in [5.74, 6) is 0.642. The van der Waals surface area contributed by atoms with Gasteiger partial charge in [-0.25, -0.2) is 0 Å². The van der Waals surface area contributed by atoms with E-state index in [0.717, 1.165) is 49.5 Å². The maximum absolute atomic E-state index is 12.6. The van der Waals surface area contributed by atoms with Crippen molar-refractivity contribution in [3.05, 3.63) is 33.8 Å². The molecule has 154 valence electrons. The monoisotopic (exact) mass is 436 g/mol. The Balaban J connectivity index is 1.27. The Morgan fingerprint density at radius 2 is 1.97 bits per heavy atom. The number of piperazine rings is 1. The van der Waals surface area contributed by atoms with Crippen LogP contribution < -0.4 is 15.0 Å². The summed E-state index contributed by atoms with van der Waals surface area (Å²) in [5, 5.41) is 3.55. The average Bonchev–Trinajstić information content (AvgIpc) is 3.36. The van der Waals surface area contributed by atoms with Gasteiger partial charge in [0, 0.05) is 43.5 Å². The molecule has 4 aliphatic heterocycles. The highest BCUT2D eigenvalue weighted by Crippen LogP contribution is 2.40. The van der Waals surface area contributed by atoms with Crippen molar-refractivity contribution in [3.63, 3.8) is 0 Å². The van der Waals surface area contributed by atoms with E-state index in [9.17, 15) is 9.59 Å². The molecule has 0 radical (unpaired) electrons. The van der Waals surface area contributed by atoms with Gasteiger partial charge in [0.25, 0.3) is 5.91 Å². The molecule has 2 amide bonds. The van der Waals surface area contributed by atoms with Gasteiger partial charge in [-0.05, 0) is 25.5 Å². The highest BCUT2D eigenvalue weighted by Gasteiger charge is 2.42. The Bertz CT molecular complexity index is 892. The minimum atomic E-state index is -0.646. The smallest absolute Gasteiger partial charge is 0.270 e. The molecule has 0 saturated carbocycles. The van der Waals surface area contributed by atoms with E-state index in [1.54, 1.807) is 0 Å². The zero-order chi connectivity index (χ0) is 20.1. The van der Waals surface area contributed by atoms with E-state index >= 15 is 0 Å². The van der Waals surface area contributed by atoms with Gasteiger partial charge < -0.3 is 19.9 Å². The molecule has 7 nitrogen and oxygen atoms in total. The van der Waals surface area contributed by atoms with Gasteiger partial charge in [0.05, 0.1) is 12.6 Å². The zero-order valence-corrected chi connectivity index (χ0v) is 17.4. The normalized spacial score (nSPS) is 26.6. The molecule has 0 aliphatic carbocycles. The first-order valence-electron chi connectivity index (χ1n) is 9.96. The fourth-order valence-corrected chi connectivity index (χ4v) is 4.88. The summed E-state index contributed by atoms with van der Waals surface area (Å²) in [6, 6.07) is 5.99. The zero-order valence-electron chi connectivity index (χ0n) is 15.9. The molecule has 1 aromatic carbocycles. The number of halogens is 2. The topological polar surface area (TPSA) is 65.1 Å². The highest BCUT2D eigenvalue weighted by atomic mass is 35.5. The second-order valence-corrected chi connectivity index (χ2v) is 8.60. The third-order valence-electron chi connectivity index (χ3n) is 6.10. The number of nitrogens with one attached hydrogen (secondary N) is 1. The third kappa shape index (κ3) is 3.25. The van der Waals surface area contributed by atoms with E-state index < -0.39 is 6.23 Å². The van der Waals surface area contributed by atoms with Crippen molar-refractivity contribution >= 4 is 40.7 Å². The van der Waals surface area contributed by atoms with Crippen LogP contribution in [0.25, 0.3) is 0 Å². The van der Waals surface area contributed by atoms with Crippen molar-refractivity contribution in [2.45, 2.75) is 31.7 Å². The Kier molecular flexibility index (Phi) is 4.84. The Labute approximate surface area is 179 Å². The maximum atomic E-state index is 12.6. The van der Waals surface area contributed by atoms with E-state index in [2.05, 4.69) is 10.2 Å². The van der Waals surface area contributed by atoms with Gasteiger partial charge in [0.2, 0.25) is 12.1 Å². The van der Waals surface area contributed by atoms with Crippen LogP contribution in [-0.4, -0.2) is 66.6 Å². The van der Waals surface area contributed by atoms with Crippen LogP contribution in [0, 0.1) is 0 Å². The summed E-state index contributed by atoms with van der Waals surface area (Å²) in [6.45, 7) is 4.33. The molecule has 29 heavy (non-hydrogen) atoms. The second-order valence-electron chi connectivity index (χ2n) is 7.82. The average molecular weight is 437 g/mol. The molecule has 2 atom stereocenters. The number of carbonyl (C=O) groups is 2. The first-order chi connectivity index (χ1) is 14.0. The molecule has 1 aromatic rings. The van der Waals surface area contributed by atoms with E-state index in [1.807, 2.05) is 23.1 Å². The summed E-state index contributed by atoms with van der Waals surface area (Å²) in [5.41, 5.74) is 1.97. The second kappa shape index (κ2) is 7.38. The van der Waals surface area contributed by atoms with E-state index in [4.69, 9.17) is 27.9 Å². The molecular weight excluding hydrogens is 415 g/mol. The molecule has 0 bridgehead atoms. The number of anilines is 1. The van der Waals surface area contributed by atoms with Gasteiger partial charge in [0.1, 0.15) is 15.8 Å². The van der Waals surface area contributed by atoms with Crippen molar-refractivity contribution in [2.24, 2.45) is 0 Å². The van der Waals surface area contributed by atoms with Crippen molar-refractivity contribution in [3.8, 4) is 5.75 Å². The number of fused-ring (bicyclic) bond motifs is 2. The predicted octanol–water partition coefficient (Wildman–Crippen LogP) is 1.84. The van der Waals surface area contributed by atoms with Crippen LogP contribution in [-0.2, 0) is 16.1 Å². The van der Waals surface area contributed by atoms with Crippen LogP contribution in [0.5, 0.6) is 5.75 Å². The van der Waals surface area contributed by atoms with E-state index in [0.29, 0.717) is 19.6 Å². The van der Waals surface area contributed by atoms with Gasteiger partial charge >= 0.3 is 0 Å². The third-order valence-corrected chi connectivity index (χ3v) is 6.94. The molecule has 1 N–H and O–H groups in total. The van der Waals surface area contributed by atoms with Gasteiger partial charge in [-0.1, -0.05) is 29.3 Å². The summed E-state index contributed by atoms with van der Waals surface area (Å²) in [4.78, 5) is 30.5. The van der Waals surface area contributed by atoms with Crippen molar-refractivity contribution in [1.82, 2.24) is 15.1 Å². The summed E-state index contributed by atoms with van der Waals surface area (Å²) >= 11 is 12.2. The summed E-state index contributed by atoms with van der Waals surface area (Å²) in [6.07, 6.45) is 1.36. The standard InChI is InChI=1S/C20H22Cl2N4O3/c21-16-17(22)20-26(19(16)28)11-12-3-4-13(10-15(12)29-20)24-6-8-25(9-7-24)18(27)14-2-1-5-23-14/h3-4,10,14,20,23H,1-2,5-9,11H2/t14-,20?/m0/s1. The van der Waals surface area contributed by atoms with Gasteiger partial charge in [0.15, 0.2) is 0 Å². The Hall–Kier alpha value is -1.96. The van der Waals surface area contributed by atoms with Crippen LogP contribution in [0.15, 0.2) is 28.3 Å². The SMILES string of the molecule is O=C([C@@H]1CCCN1)N1CCN(c2ccc3c(c2)OC2C(Cl)=C(Cl)C(=O)N2C3)CC1. The lowest BCUT2D eigenvalue weighted by atomic mass is 10.1. The minimum Gasteiger partial charge on any atom is -0.465 e. The number of rotatable bonds is 2. The van der Waals surface area contributed by atoms with Crippen LogP contribution in [0.1, 0.15) is 18.4 Å². The number of hydrogen-bond donors (Lipinski definition) is 1. The molecule has 1 unspecified atom stereocenters. The van der Waals surface area contributed by atoms with Gasteiger partial charge in [-0.2, -0.15) is 0 Å². The van der Waals surface area contributed by atoms with Gasteiger partial charge in [-0.15, -0.1) is 0 Å². The highest BCUT2D eigenvalue weighted by molar-refractivity contribution is 6.49. The first-order valence-corrected chi connectivity index (χ1v) is 10.7. The van der Waals surface area contributed by atoms with Crippen molar-refractivity contribution < 1.29 is 14.3 Å². The lowest BCUT2D eigenvalue weighted by Gasteiger charge is -2.38. The fourth-order valence-electron chi connectivity index (χ4n) is 4.43. The van der Waals surface area contributed by atoms with Crippen LogP contribution in [0.3, 0.4) is 0 Å². The van der Waals surface area contributed by atoms with Crippen LogP contribution in [0.4, 0.5) is 5.69 Å². The molecule has 0 spiro atoms. The molecule has 4 aliphatic rings. The van der Waals surface area contributed by atoms with E-state index in [1.165, 1.54) is 4.90 Å². The lowest BCUT2D eigenvalue weighted by Crippen LogP contribution is -2.53. The summed E-state index contributed by atoms with van der Waals surface area (Å²) < 4.78 is 6.00. The number of hydrogen-bond acceptors (Lipinski definition) is 5. The quantitative estimate of drug-likeness (QED) is 0.765. The van der Waals surface area contributed by atoms with E-state index in [-0.39, 0.29) is 27.9 Å². The largest absolute Gasteiger partial charge is 0.465 e. The number of ether oxygens (including phenoxy) is 1. The number of benzene rings is 1. The minimum absolute atomic E-state index is 0.0135. The van der Waals surface area contributed by atoms with Crippen LogP contribution >= 0.6 is 23.2 Å². The van der Waals surface area contributed by atoms with Crippen molar-refractivity contribution in [1.29, 1.82) is 0 Å². The first kappa shape index (κ1) is 19.0. The molecule has 4 heterocycles. The molecular formula is C20H22Cl2N4O3. The molecule has 2 fully saturated rings. The van der Waals surface area contributed by atoms with Crippen molar-refractivity contribution in [2.75, 3.05) is 37.6 Å². The molecule has 0 aromatic heterocycles.